The molecule has 0 spiro atoms. The van der Waals surface area contributed by atoms with E-state index in [9.17, 15) is 18.0 Å². The fourth-order valence-electron chi connectivity index (χ4n) is 1.22. The van der Waals surface area contributed by atoms with Crippen molar-refractivity contribution in [1.82, 2.24) is 4.57 Å². The molecule has 0 radical (unpaired) electrons. The van der Waals surface area contributed by atoms with E-state index in [1.807, 2.05) is 0 Å². The van der Waals surface area contributed by atoms with Crippen molar-refractivity contribution in [3.05, 3.63) is 24.0 Å². The summed E-state index contributed by atoms with van der Waals surface area (Å²) < 4.78 is 42.7. The van der Waals surface area contributed by atoms with E-state index in [1.165, 1.54) is 24.1 Å². The highest BCUT2D eigenvalue weighted by molar-refractivity contribution is 6.00. The summed E-state index contributed by atoms with van der Waals surface area (Å²) in [4.78, 5) is 10.9. The van der Waals surface area contributed by atoms with Crippen LogP contribution >= 0.6 is 0 Å². The van der Waals surface area contributed by atoms with Gasteiger partial charge < -0.3 is 9.30 Å². The Kier molecular flexibility index (Phi) is 3.74. The predicted octanol–water partition coefficient (Wildman–Crippen LogP) is 2.27. The number of Topliss-reactive ketones (excluding diaryl/α,β-unsaturated/α-hetero) is 1. The number of alkyl halides is 3. The van der Waals surface area contributed by atoms with Gasteiger partial charge in [-0.15, -0.1) is 0 Å². The van der Waals surface area contributed by atoms with Gasteiger partial charge in [0.2, 0.25) is 0 Å². The molecule has 16 heavy (non-hydrogen) atoms. The topological polar surface area (TPSA) is 31.2 Å². The molecule has 0 fully saturated rings. The summed E-state index contributed by atoms with van der Waals surface area (Å²) in [5.74, 6) is -1.82. The van der Waals surface area contributed by atoms with Crippen molar-refractivity contribution in [2.45, 2.75) is 25.7 Å². The zero-order valence-electron chi connectivity index (χ0n) is 8.91. The van der Waals surface area contributed by atoms with Gasteiger partial charge >= 0.3 is 6.18 Å². The van der Waals surface area contributed by atoms with E-state index in [0.29, 0.717) is 6.54 Å². The number of aromatic nitrogens is 1. The van der Waals surface area contributed by atoms with Gasteiger partial charge in [0.25, 0.3) is 5.78 Å². The van der Waals surface area contributed by atoms with Gasteiger partial charge in [-0.2, -0.15) is 13.2 Å². The molecule has 0 N–H and O–H groups in total. The summed E-state index contributed by atoms with van der Waals surface area (Å²) in [5.41, 5.74) is -0.351. The molecule has 6 heteroatoms. The second kappa shape index (κ2) is 4.69. The van der Waals surface area contributed by atoms with Crippen molar-refractivity contribution in [2.24, 2.45) is 0 Å². The lowest BCUT2D eigenvalue weighted by Crippen LogP contribution is -2.22. The highest BCUT2D eigenvalue weighted by Crippen LogP contribution is 2.21. The third-order valence-electron chi connectivity index (χ3n) is 2.14. The molecular formula is C10H12F3NO2. The Labute approximate surface area is 90.8 Å². The Morgan fingerprint density at radius 3 is 2.69 bits per heavy atom. The van der Waals surface area contributed by atoms with Crippen LogP contribution < -0.4 is 0 Å². The van der Waals surface area contributed by atoms with Crippen LogP contribution in [0.15, 0.2) is 18.5 Å². The molecule has 0 aliphatic rings. The Bertz CT molecular complexity index is 370. The lowest BCUT2D eigenvalue weighted by molar-refractivity contribution is -0.0885. The smallest absolute Gasteiger partial charge is 0.380 e. The van der Waals surface area contributed by atoms with Crippen LogP contribution in [-0.4, -0.2) is 29.7 Å². The van der Waals surface area contributed by atoms with E-state index < -0.39 is 12.0 Å². The molecule has 1 unspecified atom stereocenters. The summed E-state index contributed by atoms with van der Waals surface area (Å²) in [5, 5.41) is 0. The molecule has 0 amide bonds. The lowest BCUT2D eigenvalue weighted by Gasteiger charge is -2.09. The van der Waals surface area contributed by atoms with Gasteiger partial charge in [0, 0.05) is 31.6 Å². The Hall–Kier alpha value is -1.30. The van der Waals surface area contributed by atoms with Crippen LogP contribution in [0.3, 0.4) is 0 Å². The summed E-state index contributed by atoms with van der Waals surface area (Å²) in [6, 6.07) is 1.15. The summed E-state index contributed by atoms with van der Waals surface area (Å²) in [7, 11) is 1.51. The molecule has 0 saturated heterocycles. The van der Waals surface area contributed by atoms with Crippen molar-refractivity contribution < 1.29 is 22.7 Å². The molecule has 0 bridgehead atoms. The molecule has 1 aromatic heterocycles. The number of methoxy groups -OCH3 is 1. The molecular weight excluding hydrogens is 223 g/mol. The maximum atomic E-state index is 12.1. The molecule has 1 atom stereocenters. The lowest BCUT2D eigenvalue weighted by atomic mass is 10.2. The van der Waals surface area contributed by atoms with E-state index in [1.54, 1.807) is 6.92 Å². The van der Waals surface area contributed by atoms with Crippen LogP contribution in [0.1, 0.15) is 17.3 Å². The van der Waals surface area contributed by atoms with Gasteiger partial charge in [-0.3, -0.25) is 4.79 Å². The Morgan fingerprint density at radius 1 is 1.56 bits per heavy atom. The SMILES string of the molecule is COC(C)Cn1ccc(C(=O)C(F)(F)F)c1. The first-order chi connectivity index (χ1) is 7.34. The zero-order chi connectivity index (χ0) is 12.3. The van der Waals surface area contributed by atoms with E-state index in [0.717, 1.165) is 6.07 Å². The van der Waals surface area contributed by atoms with Gasteiger partial charge in [0.1, 0.15) is 0 Å². The van der Waals surface area contributed by atoms with E-state index in [4.69, 9.17) is 4.74 Å². The average Bonchev–Trinajstić information content (AvgIpc) is 2.63. The largest absolute Gasteiger partial charge is 0.454 e. The number of ketones is 1. The van der Waals surface area contributed by atoms with Gasteiger partial charge in [-0.25, -0.2) is 0 Å². The van der Waals surface area contributed by atoms with Crippen molar-refractivity contribution >= 4 is 5.78 Å². The van der Waals surface area contributed by atoms with Gasteiger partial charge in [-0.1, -0.05) is 0 Å². The molecule has 3 nitrogen and oxygen atoms in total. The first kappa shape index (κ1) is 12.8. The molecule has 0 aliphatic carbocycles. The Balaban J connectivity index is 2.76. The van der Waals surface area contributed by atoms with Crippen molar-refractivity contribution in [1.29, 1.82) is 0 Å². The fourth-order valence-corrected chi connectivity index (χ4v) is 1.22. The van der Waals surface area contributed by atoms with Crippen molar-refractivity contribution in [3.8, 4) is 0 Å². The fraction of sp³-hybridized carbons (Fsp3) is 0.500. The van der Waals surface area contributed by atoms with Crippen LogP contribution in [0.5, 0.6) is 0 Å². The maximum absolute atomic E-state index is 12.1. The molecule has 90 valence electrons. The van der Waals surface area contributed by atoms with E-state index in [-0.39, 0.29) is 11.7 Å². The van der Waals surface area contributed by atoms with E-state index in [2.05, 4.69) is 0 Å². The summed E-state index contributed by atoms with van der Waals surface area (Å²) >= 11 is 0. The van der Waals surface area contributed by atoms with Gasteiger partial charge in [-0.05, 0) is 13.0 Å². The van der Waals surface area contributed by atoms with Crippen molar-refractivity contribution in [3.63, 3.8) is 0 Å². The quantitative estimate of drug-likeness (QED) is 0.749. The van der Waals surface area contributed by atoms with Gasteiger partial charge in [0.15, 0.2) is 0 Å². The number of hydrogen-bond acceptors (Lipinski definition) is 2. The minimum atomic E-state index is -4.82. The first-order valence-electron chi connectivity index (χ1n) is 4.64. The van der Waals surface area contributed by atoms with Crippen LogP contribution in [-0.2, 0) is 11.3 Å². The number of halogens is 3. The summed E-state index contributed by atoms with van der Waals surface area (Å²) in [6.45, 7) is 2.19. The second-order valence-corrected chi connectivity index (χ2v) is 3.47. The third kappa shape index (κ3) is 3.10. The standard InChI is InChI=1S/C10H12F3NO2/c1-7(16-2)5-14-4-3-8(6-14)9(15)10(11,12)13/h3-4,6-7H,5H2,1-2H3. The number of nitrogens with zero attached hydrogens (tertiary/aromatic N) is 1. The van der Waals surface area contributed by atoms with Gasteiger partial charge in [0.05, 0.1) is 6.10 Å². The molecule has 1 aromatic rings. The zero-order valence-corrected chi connectivity index (χ0v) is 8.91. The van der Waals surface area contributed by atoms with Crippen LogP contribution in [0, 0.1) is 0 Å². The highest BCUT2D eigenvalue weighted by atomic mass is 19.4. The molecule has 1 heterocycles. The third-order valence-corrected chi connectivity index (χ3v) is 2.14. The highest BCUT2D eigenvalue weighted by Gasteiger charge is 2.39. The summed E-state index contributed by atoms with van der Waals surface area (Å²) in [6.07, 6.45) is -2.35. The minimum absolute atomic E-state index is 0.124. The number of hydrogen-bond donors (Lipinski definition) is 0. The number of carbonyl (C=O) groups is 1. The van der Waals surface area contributed by atoms with Crippen LogP contribution in [0.2, 0.25) is 0 Å². The molecule has 0 saturated carbocycles. The second-order valence-electron chi connectivity index (χ2n) is 3.47. The molecule has 1 rings (SSSR count). The Morgan fingerprint density at radius 2 is 2.19 bits per heavy atom. The number of rotatable bonds is 4. The molecule has 0 aliphatic heterocycles. The van der Waals surface area contributed by atoms with Crippen LogP contribution in [0.4, 0.5) is 13.2 Å². The number of ether oxygens (including phenoxy) is 1. The predicted molar refractivity (Wildman–Crippen MR) is 51.3 cm³/mol. The van der Waals surface area contributed by atoms with Crippen molar-refractivity contribution in [2.75, 3.05) is 7.11 Å². The normalized spacial score (nSPS) is 13.8. The first-order valence-corrected chi connectivity index (χ1v) is 4.64. The monoisotopic (exact) mass is 235 g/mol. The minimum Gasteiger partial charge on any atom is -0.380 e. The number of carbonyl (C=O) groups excluding carboxylic acids is 1. The van der Waals surface area contributed by atoms with E-state index >= 15 is 0 Å². The average molecular weight is 235 g/mol. The maximum Gasteiger partial charge on any atom is 0.454 e. The molecule has 0 aromatic carbocycles. The van der Waals surface area contributed by atoms with Crippen LogP contribution in [0.25, 0.3) is 0 Å².